The molecule has 0 radical (unpaired) electrons. The van der Waals surface area contributed by atoms with Crippen LogP contribution in [0.4, 0.5) is 0 Å². The van der Waals surface area contributed by atoms with Crippen LogP contribution < -0.4 is 9.47 Å². The van der Waals surface area contributed by atoms with Crippen LogP contribution in [0.25, 0.3) is 0 Å². The highest BCUT2D eigenvalue weighted by molar-refractivity contribution is 5.96. The Morgan fingerprint density at radius 1 is 1.23 bits per heavy atom. The Kier molecular flexibility index (Phi) is 6.01. The van der Waals surface area contributed by atoms with E-state index < -0.39 is 0 Å². The number of pyridine rings is 2. The number of hydrogen-bond acceptors (Lipinski definition) is 6. The Hall–Kier alpha value is -2.67. The lowest BCUT2D eigenvalue weighted by Crippen LogP contribution is -2.43. The maximum Gasteiger partial charge on any atom is 0.259 e. The van der Waals surface area contributed by atoms with E-state index in [-0.39, 0.29) is 17.9 Å². The summed E-state index contributed by atoms with van der Waals surface area (Å²) in [6.45, 7) is 1.68. The lowest BCUT2D eigenvalue weighted by atomic mass is 10.1. The number of rotatable bonds is 6. The van der Waals surface area contributed by atoms with Crippen LogP contribution in [0.5, 0.6) is 11.8 Å². The van der Waals surface area contributed by atoms with Crippen LogP contribution in [-0.2, 0) is 11.3 Å². The van der Waals surface area contributed by atoms with Gasteiger partial charge in [-0.1, -0.05) is 6.07 Å². The minimum atomic E-state index is -0.108. The average Bonchev–Trinajstić information content (AvgIpc) is 2.72. The second-order valence-electron chi connectivity index (χ2n) is 6.06. The lowest BCUT2D eigenvalue weighted by Gasteiger charge is -2.32. The Labute approximate surface area is 152 Å². The molecule has 2 aromatic heterocycles. The summed E-state index contributed by atoms with van der Waals surface area (Å²) in [5.74, 6) is 0.572. The minimum absolute atomic E-state index is 0.00749. The van der Waals surface area contributed by atoms with Gasteiger partial charge in [-0.25, -0.2) is 0 Å². The Morgan fingerprint density at radius 3 is 2.85 bits per heavy atom. The van der Waals surface area contributed by atoms with Gasteiger partial charge < -0.3 is 19.1 Å². The Morgan fingerprint density at radius 2 is 2.12 bits per heavy atom. The van der Waals surface area contributed by atoms with Crippen molar-refractivity contribution in [3.05, 3.63) is 47.8 Å². The first kappa shape index (κ1) is 18.1. The van der Waals surface area contributed by atoms with Gasteiger partial charge in [0, 0.05) is 25.4 Å². The van der Waals surface area contributed by atoms with Gasteiger partial charge in [0.25, 0.3) is 5.91 Å². The van der Waals surface area contributed by atoms with Crippen molar-refractivity contribution in [3.8, 4) is 11.8 Å². The molecule has 1 fully saturated rings. The quantitative estimate of drug-likeness (QED) is 0.790. The van der Waals surface area contributed by atoms with Crippen LogP contribution in [0.2, 0.25) is 0 Å². The predicted octanol–water partition coefficient (Wildman–Crippen LogP) is 2.32. The van der Waals surface area contributed by atoms with Gasteiger partial charge in [0.2, 0.25) is 11.8 Å². The SMILES string of the molecule is COc1ccc(C(=O)N2CCC[C@H](OCc3ccccn3)C2)c(OC)n1. The third kappa shape index (κ3) is 4.29. The van der Waals surface area contributed by atoms with Crippen LogP contribution in [0.15, 0.2) is 36.5 Å². The monoisotopic (exact) mass is 357 g/mol. The maximum absolute atomic E-state index is 12.9. The van der Waals surface area contributed by atoms with E-state index >= 15 is 0 Å². The largest absolute Gasteiger partial charge is 0.481 e. The minimum Gasteiger partial charge on any atom is -0.481 e. The van der Waals surface area contributed by atoms with Gasteiger partial charge in [-0.15, -0.1) is 0 Å². The van der Waals surface area contributed by atoms with Crippen LogP contribution in [-0.4, -0.2) is 54.2 Å². The van der Waals surface area contributed by atoms with E-state index in [2.05, 4.69) is 9.97 Å². The second-order valence-corrected chi connectivity index (χ2v) is 6.06. The molecule has 2 aromatic rings. The van der Waals surface area contributed by atoms with Crippen molar-refractivity contribution in [1.82, 2.24) is 14.9 Å². The molecular weight excluding hydrogens is 334 g/mol. The molecule has 1 atom stereocenters. The summed E-state index contributed by atoms with van der Waals surface area (Å²) < 4.78 is 16.3. The van der Waals surface area contributed by atoms with Crippen LogP contribution >= 0.6 is 0 Å². The molecule has 0 bridgehead atoms. The maximum atomic E-state index is 12.9. The first-order valence-electron chi connectivity index (χ1n) is 8.61. The fraction of sp³-hybridized carbons (Fsp3) is 0.421. The third-order valence-electron chi connectivity index (χ3n) is 4.33. The molecule has 0 aromatic carbocycles. The summed E-state index contributed by atoms with van der Waals surface area (Å²) in [5.41, 5.74) is 1.32. The number of hydrogen-bond donors (Lipinski definition) is 0. The summed E-state index contributed by atoms with van der Waals surface area (Å²) in [4.78, 5) is 23.1. The smallest absolute Gasteiger partial charge is 0.259 e. The van der Waals surface area contributed by atoms with E-state index in [4.69, 9.17) is 14.2 Å². The molecule has 0 spiro atoms. The van der Waals surface area contributed by atoms with E-state index in [1.54, 1.807) is 23.2 Å². The molecule has 0 aliphatic carbocycles. The van der Waals surface area contributed by atoms with Crippen molar-refractivity contribution < 1.29 is 19.0 Å². The molecule has 7 heteroatoms. The van der Waals surface area contributed by atoms with Crippen molar-refractivity contribution >= 4 is 5.91 Å². The molecule has 138 valence electrons. The molecule has 7 nitrogen and oxygen atoms in total. The van der Waals surface area contributed by atoms with Gasteiger partial charge in [-0.2, -0.15) is 4.98 Å². The molecule has 1 aliphatic rings. The molecule has 0 N–H and O–H groups in total. The number of amides is 1. The lowest BCUT2D eigenvalue weighted by molar-refractivity contribution is -0.00795. The van der Waals surface area contributed by atoms with Gasteiger partial charge in [0.1, 0.15) is 5.56 Å². The van der Waals surface area contributed by atoms with E-state index in [9.17, 15) is 4.79 Å². The van der Waals surface area contributed by atoms with Crippen LogP contribution in [0.1, 0.15) is 28.9 Å². The van der Waals surface area contributed by atoms with Crippen molar-refractivity contribution in [3.63, 3.8) is 0 Å². The highest BCUT2D eigenvalue weighted by Gasteiger charge is 2.27. The van der Waals surface area contributed by atoms with Gasteiger partial charge in [-0.3, -0.25) is 9.78 Å². The van der Waals surface area contributed by atoms with Crippen molar-refractivity contribution in [2.75, 3.05) is 27.3 Å². The third-order valence-corrected chi connectivity index (χ3v) is 4.33. The highest BCUT2D eigenvalue weighted by atomic mass is 16.5. The van der Waals surface area contributed by atoms with E-state index in [0.717, 1.165) is 18.5 Å². The second kappa shape index (κ2) is 8.62. The number of ether oxygens (including phenoxy) is 3. The van der Waals surface area contributed by atoms with E-state index in [1.807, 2.05) is 18.2 Å². The number of methoxy groups -OCH3 is 2. The highest BCUT2D eigenvalue weighted by Crippen LogP contribution is 2.24. The van der Waals surface area contributed by atoms with Crippen molar-refractivity contribution in [2.45, 2.75) is 25.6 Å². The average molecular weight is 357 g/mol. The normalized spacial score (nSPS) is 17.0. The summed E-state index contributed by atoms with van der Waals surface area (Å²) in [6, 6.07) is 9.09. The van der Waals surface area contributed by atoms with Gasteiger partial charge in [-0.05, 0) is 31.0 Å². The molecule has 1 saturated heterocycles. The van der Waals surface area contributed by atoms with Crippen molar-refractivity contribution in [1.29, 1.82) is 0 Å². The van der Waals surface area contributed by atoms with Gasteiger partial charge in [0.05, 0.1) is 32.6 Å². The van der Waals surface area contributed by atoms with E-state index in [0.29, 0.717) is 31.1 Å². The summed E-state index contributed by atoms with van der Waals surface area (Å²) >= 11 is 0. The summed E-state index contributed by atoms with van der Waals surface area (Å²) in [7, 11) is 3.02. The molecule has 0 unspecified atom stereocenters. The topological polar surface area (TPSA) is 73.8 Å². The summed E-state index contributed by atoms with van der Waals surface area (Å²) in [6.07, 6.45) is 3.56. The van der Waals surface area contributed by atoms with Gasteiger partial charge >= 0.3 is 0 Å². The molecule has 0 saturated carbocycles. The standard InChI is InChI=1S/C19H23N3O4/c1-24-17-9-8-16(18(21-17)25-2)19(23)22-11-5-7-15(12-22)26-13-14-6-3-4-10-20-14/h3-4,6,8-10,15H,5,7,11-13H2,1-2H3/t15-/m0/s1. The first-order valence-corrected chi connectivity index (χ1v) is 8.61. The Bertz CT molecular complexity index is 739. The molecular formula is C19H23N3O4. The summed E-state index contributed by atoms with van der Waals surface area (Å²) in [5, 5.41) is 0. The van der Waals surface area contributed by atoms with Crippen LogP contribution in [0, 0.1) is 0 Å². The number of aromatic nitrogens is 2. The zero-order valence-corrected chi connectivity index (χ0v) is 15.1. The number of carbonyl (C=O) groups excluding carboxylic acids is 1. The molecule has 1 amide bonds. The molecule has 1 aliphatic heterocycles. The van der Waals surface area contributed by atoms with E-state index in [1.165, 1.54) is 14.2 Å². The van der Waals surface area contributed by atoms with Crippen LogP contribution in [0.3, 0.4) is 0 Å². The molecule has 26 heavy (non-hydrogen) atoms. The number of piperidine rings is 1. The number of carbonyl (C=O) groups is 1. The van der Waals surface area contributed by atoms with Gasteiger partial charge in [0.15, 0.2) is 0 Å². The zero-order valence-electron chi connectivity index (χ0n) is 15.1. The fourth-order valence-corrected chi connectivity index (χ4v) is 2.97. The molecule has 3 heterocycles. The number of nitrogens with zero attached hydrogens (tertiary/aromatic N) is 3. The zero-order chi connectivity index (χ0) is 18.4. The molecule has 3 rings (SSSR count). The Balaban J connectivity index is 1.64. The predicted molar refractivity (Wildman–Crippen MR) is 95.3 cm³/mol. The fourth-order valence-electron chi connectivity index (χ4n) is 2.97. The van der Waals surface area contributed by atoms with Crippen molar-refractivity contribution in [2.24, 2.45) is 0 Å². The first-order chi connectivity index (χ1) is 12.7. The number of likely N-dealkylation sites (tertiary alicyclic amines) is 1.